The number of nitrogens with zero attached hydrogens (tertiary/aromatic N) is 1. The van der Waals surface area contributed by atoms with Crippen LogP contribution in [0.4, 0.5) is 0 Å². The smallest absolute Gasteiger partial charge is 0.230 e. The van der Waals surface area contributed by atoms with Crippen molar-refractivity contribution in [2.24, 2.45) is 0 Å². The van der Waals surface area contributed by atoms with E-state index in [0.29, 0.717) is 6.42 Å². The van der Waals surface area contributed by atoms with Gasteiger partial charge in [-0.25, -0.2) is 0 Å². The van der Waals surface area contributed by atoms with Crippen LogP contribution < -0.4 is 0 Å². The molecule has 1 amide bonds. The molecule has 0 aromatic rings. The van der Waals surface area contributed by atoms with Gasteiger partial charge in [0, 0.05) is 17.8 Å². The zero-order valence-electron chi connectivity index (χ0n) is 12.9. The molecule has 110 valence electrons. The summed E-state index contributed by atoms with van der Waals surface area (Å²) in [6, 6.07) is 0. The second-order valence-corrected chi connectivity index (χ2v) is 5.27. The molecule has 0 bridgehead atoms. The molecule has 2 aliphatic rings. The van der Waals surface area contributed by atoms with E-state index in [0.717, 1.165) is 30.7 Å². The molecule has 0 spiro atoms. The number of carbonyl (C=O) groups is 1. The fraction of sp³-hybridized carbons (Fsp3) is 0.316. The Morgan fingerprint density at radius 1 is 1.38 bits per heavy atom. The van der Waals surface area contributed by atoms with E-state index in [-0.39, 0.29) is 5.91 Å². The second-order valence-electron chi connectivity index (χ2n) is 5.27. The van der Waals surface area contributed by atoms with E-state index in [1.165, 1.54) is 11.1 Å². The molecular formula is C19H23NO. The van der Waals surface area contributed by atoms with Gasteiger partial charge in [-0.15, -0.1) is 0 Å². The van der Waals surface area contributed by atoms with Gasteiger partial charge < -0.3 is 0 Å². The highest BCUT2D eigenvalue weighted by molar-refractivity contribution is 5.81. The van der Waals surface area contributed by atoms with Crippen molar-refractivity contribution < 1.29 is 4.79 Å². The Labute approximate surface area is 127 Å². The van der Waals surface area contributed by atoms with E-state index in [1.54, 1.807) is 6.08 Å². The zero-order valence-corrected chi connectivity index (χ0v) is 12.9. The van der Waals surface area contributed by atoms with Crippen LogP contribution >= 0.6 is 0 Å². The molecule has 0 saturated carbocycles. The summed E-state index contributed by atoms with van der Waals surface area (Å²) in [4.78, 5) is 14.4. The van der Waals surface area contributed by atoms with Gasteiger partial charge in [-0.1, -0.05) is 50.0 Å². The minimum absolute atomic E-state index is 0.151. The van der Waals surface area contributed by atoms with Crippen molar-refractivity contribution in [3.8, 4) is 0 Å². The van der Waals surface area contributed by atoms with Crippen LogP contribution in [0, 0.1) is 0 Å². The molecular weight excluding hydrogens is 258 g/mol. The van der Waals surface area contributed by atoms with Crippen molar-refractivity contribution in [3.63, 3.8) is 0 Å². The SMILES string of the molecule is C=C/C=C\C1=C(C)N(C(=O)CC)C2=C(CC=CC=C2)CC1. The predicted molar refractivity (Wildman–Crippen MR) is 88.3 cm³/mol. The molecule has 2 nitrogen and oxygen atoms in total. The molecule has 0 atom stereocenters. The number of hydrogen-bond acceptors (Lipinski definition) is 1. The Hall–Kier alpha value is -2.09. The third-order valence-electron chi connectivity index (χ3n) is 3.95. The average molecular weight is 281 g/mol. The number of rotatable bonds is 3. The summed E-state index contributed by atoms with van der Waals surface area (Å²) in [6.45, 7) is 7.68. The summed E-state index contributed by atoms with van der Waals surface area (Å²) in [5, 5.41) is 0. The van der Waals surface area contributed by atoms with Crippen LogP contribution in [0.15, 0.2) is 71.7 Å². The van der Waals surface area contributed by atoms with Crippen LogP contribution in [0.2, 0.25) is 0 Å². The van der Waals surface area contributed by atoms with Crippen LogP contribution in [0.5, 0.6) is 0 Å². The van der Waals surface area contributed by atoms with Crippen molar-refractivity contribution in [2.75, 3.05) is 0 Å². The van der Waals surface area contributed by atoms with Crippen LogP contribution in [0.1, 0.15) is 39.5 Å². The van der Waals surface area contributed by atoms with E-state index < -0.39 is 0 Å². The van der Waals surface area contributed by atoms with E-state index in [1.807, 2.05) is 30.9 Å². The first kappa shape index (κ1) is 15.3. The third kappa shape index (κ3) is 3.33. The van der Waals surface area contributed by atoms with Gasteiger partial charge in [0.15, 0.2) is 0 Å². The molecule has 0 aromatic heterocycles. The Morgan fingerprint density at radius 2 is 2.19 bits per heavy atom. The minimum atomic E-state index is 0.151. The summed E-state index contributed by atoms with van der Waals surface area (Å²) in [5.74, 6) is 0.151. The van der Waals surface area contributed by atoms with E-state index in [2.05, 4.69) is 30.9 Å². The second kappa shape index (κ2) is 7.07. The van der Waals surface area contributed by atoms with Gasteiger partial charge in [0.1, 0.15) is 0 Å². The van der Waals surface area contributed by atoms with Crippen LogP contribution in [0.3, 0.4) is 0 Å². The first-order valence-electron chi connectivity index (χ1n) is 7.56. The fourth-order valence-electron chi connectivity index (χ4n) is 2.78. The van der Waals surface area contributed by atoms with Crippen LogP contribution in [-0.2, 0) is 4.79 Å². The molecule has 1 heterocycles. The maximum atomic E-state index is 12.5. The normalized spacial score (nSPS) is 18.9. The van der Waals surface area contributed by atoms with Crippen molar-refractivity contribution in [1.82, 2.24) is 4.90 Å². The largest absolute Gasteiger partial charge is 0.285 e. The Balaban J connectivity index is 2.51. The van der Waals surface area contributed by atoms with Gasteiger partial charge in [0.2, 0.25) is 5.91 Å². The Kier molecular flexibility index (Phi) is 5.15. The lowest BCUT2D eigenvalue weighted by Crippen LogP contribution is -2.28. The number of hydrogen-bond donors (Lipinski definition) is 0. The Morgan fingerprint density at radius 3 is 2.90 bits per heavy atom. The standard InChI is InChI=1S/C19H23NO/c1-4-6-10-16-13-14-17-11-8-7-9-12-18(17)20(15(16)3)19(21)5-2/h4,6-10,12H,1,5,11,13-14H2,2-3H3/b10-6-. The lowest BCUT2D eigenvalue weighted by Gasteiger charge is -2.25. The van der Waals surface area contributed by atoms with Crippen LogP contribution in [0.25, 0.3) is 0 Å². The lowest BCUT2D eigenvalue weighted by molar-refractivity contribution is -0.127. The molecule has 0 fully saturated rings. The van der Waals surface area contributed by atoms with Crippen molar-refractivity contribution in [2.45, 2.75) is 39.5 Å². The molecule has 0 saturated heterocycles. The highest BCUT2D eigenvalue weighted by Crippen LogP contribution is 2.33. The predicted octanol–water partition coefficient (Wildman–Crippen LogP) is 4.81. The first-order chi connectivity index (χ1) is 10.2. The summed E-state index contributed by atoms with van der Waals surface area (Å²) in [7, 11) is 0. The van der Waals surface area contributed by atoms with Crippen molar-refractivity contribution in [3.05, 3.63) is 71.7 Å². The zero-order chi connectivity index (χ0) is 15.2. The van der Waals surface area contributed by atoms with Gasteiger partial charge in [-0.2, -0.15) is 0 Å². The molecule has 21 heavy (non-hydrogen) atoms. The molecule has 2 rings (SSSR count). The number of carbonyl (C=O) groups excluding carboxylic acids is 1. The van der Waals surface area contributed by atoms with Gasteiger partial charge >= 0.3 is 0 Å². The van der Waals surface area contributed by atoms with E-state index in [9.17, 15) is 4.79 Å². The summed E-state index contributed by atoms with van der Waals surface area (Å²) in [6.07, 6.45) is 17.5. The molecule has 0 radical (unpaired) electrons. The first-order valence-corrected chi connectivity index (χ1v) is 7.56. The topological polar surface area (TPSA) is 20.3 Å². The summed E-state index contributed by atoms with van der Waals surface area (Å²) >= 11 is 0. The van der Waals surface area contributed by atoms with Gasteiger partial charge in [-0.05, 0) is 43.4 Å². The van der Waals surface area contributed by atoms with Gasteiger partial charge in [0.05, 0.1) is 0 Å². The maximum Gasteiger partial charge on any atom is 0.230 e. The van der Waals surface area contributed by atoms with E-state index >= 15 is 0 Å². The number of amides is 1. The highest BCUT2D eigenvalue weighted by Gasteiger charge is 2.24. The Bertz CT molecular complexity index is 585. The molecule has 1 aliphatic carbocycles. The van der Waals surface area contributed by atoms with E-state index in [4.69, 9.17) is 0 Å². The summed E-state index contributed by atoms with van der Waals surface area (Å²) in [5.41, 5.74) is 4.65. The molecule has 2 heteroatoms. The van der Waals surface area contributed by atoms with Gasteiger partial charge in [0.25, 0.3) is 0 Å². The lowest BCUT2D eigenvalue weighted by atomic mass is 10.0. The molecule has 0 N–H and O–H groups in total. The minimum Gasteiger partial charge on any atom is -0.285 e. The monoisotopic (exact) mass is 281 g/mol. The van der Waals surface area contributed by atoms with Gasteiger partial charge in [-0.3, -0.25) is 9.69 Å². The van der Waals surface area contributed by atoms with Crippen LogP contribution in [-0.4, -0.2) is 10.8 Å². The fourth-order valence-corrected chi connectivity index (χ4v) is 2.78. The average Bonchev–Trinajstić information content (AvgIpc) is 2.78. The van der Waals surface area contributed by atoms with Crippen molar-refractivity contribution in [1.29, 1.82) is 0 Å². The molecule has 1 aliphatic heterocycles. The third-order valence-corrected chi connectivity index (χ3v) is 3.95. The molecule has 0 aromatic carbocycles. The highest BCUT2D eigenvalue weighted by atomic mass is 16.2. The quantitative estimate of drug-likeness (QED) is 0.680. The molecule has 0 unspecified atom stereocenters. The number of allylic oxidation sites excluding steroid dienone is 10. The van der Waals surface area contributed by atoms with Crippen molar-refractivity contribution >= 4 is 5.91 Å². The maximum absolute atomic E-state index is 12.5. The summed E-state index contributed by atoms with van der Waals surface area (Å²) < 4.78 is 0.